The number of rotatable bonds is 3. The van der Waals surface area contributed by atoms with E-state index >= 15 is 0 Å². The van der Waals surface area contributed by atoms with Crippen LogP contribution in [0.1, 0.15) is 25.4 Å². The van der Waals surface area contributed by atoms with Gasteiger partial charge in [-0.25, -0.2) is 4.98 Å². The fourth-order valence-electron chi connectivity index (χ4n) is 1.19. The highest BCUT2D eigenvalue weighted by atomic mass is 16.1. The quantitative estimate of drug-likeness (QED) is 0.740. The van der Waals surface area contributed by atoms with Crippen LogP contribution in [0.15, 0.2) is 29.6 Å². The van der Waals surface area contributed by atoms with Crippen LogP contribution in [0, 0.1) is 0 Å². The number of hydrogen-bond acceptors (Lipinski definition) is 2. The number of nitrogens with zero attached hydrogens (tertiary/aromatic N) is 1. The van der Waals surface area contributed by atoms with Crippen molar-refractivity contribution < 1.29 is 0 Å². The summed E-state index contributed by atoms with van der Waals surface area (Å²) < 4.78 is 0. The molecule has 3 heteroatoms. The SMILES string of the molecule is C=C/C(=C\C)c1cc(=O)[nH]c(CC)n1. The largest absolute Gasteiger partial charge is 0.311 e. The first-order valence-corrected chi connectivity index (χ1v) is 4.60. The summed E-state index contributed by atoms with van der Waals surface area (Å²) in [6, 6.07) is 1.48. The van der Waals surface area contributed by atoms with Crippen molar-refractivity contribution in [2.45, 2.75) is 20.3 Å². The van der Waals surface area contributed by atoms with Gasteiger partial charge in [0.1, 0.15) is 5.82 Å². The van der Waals surface area contributed by atoms with Gasteiger partial charge in [-0.2, -0.15) is 0 Å². The Hall–Kier alpha value is -1.64. The zero-order valence-electron chi connectivity index (χ0n) is 8.50. The highest BCUT2D eigenvalue weighted by Gasteiger charge is 2.01. The first-order valence-electron chi connectivity index (χ1n) is 4.60. The molecule has 0 aliphatic carbocycles. The Morgan fingerprint density at radius 3 is 2.93 bits per heavy atom. The summed E-state index contributed by atoms with van der Waals surface area (Å²) in [5.41, 5.74) is 1.45. The molecule has 0 amide bonds. The lowest BCUT2D eigenvalue weighted by atomic mass is 10.1. The summed E-state index contributed by atoms with van der Waals surface area (Å²) in [5.74, 6) is 0.703. The van der Waals surface area contributed by atoms with Gasteiger partial charge in [0.2, 0.25) is 0 Å². The number of aromatic nitrogens is 2. The van der Waals surface area contributed by atoms with Gasteiger partial charge >= 0.3 is 0 Å². The molecule has 0 fully saturated rings. The number of aromatic amines is 1. The molecule has 1 aromatic heterocycles. The van der Waals surface area contributed by atoms with Gasteiger partial charge in [0.25, 0.3) is 5.56 Å². The van der Waals surface area contributed by atoms with Gasteiger partial charge in [0, 0.05) is 12.5 Å². The second kappa shape index (κ2) is 4.56. The van der Waals surface area contributed by atoms with Crippen LogP contribution in [-0.4, -0.2) is 9.97 Å². The van der Waals surface area contributed by atoms with Crippen molar-refractivity contribution in [3.63, 3.8) is 0 Å². The summed E-state index contributed by atoms with van der Waals surface area (Å²) in [6.07, 6.45) is 4.30. The molecule has 74 valence electrons. The van der Waals surface area contributed by atoms with Crippen molar-refractivity contribution in [1.82, 2.24) is 9.97 Å². The van der Waals surface area contributed by atoms with E-state index in [-0.39, 0.29) is 5.56 Å². The average molecular weight is 190 g/mol. The summed E-state index contributed by atoms with van der Waals surface area (Å²) in [7, 11) is 0. The number of allylic oxidation sites excluding steroid dienone is 3. The van der Waals surface area contributed by atoms with Crippen molar-refractivity contribution in [1.29, 1.82) is 0 Å². The molecule has 0 aromatic carbocycles. The van der Waals surface area contributed by atoms with Crippen LogP contribution < -0.4 is 5.56 Å². The molecule has 1 aromatic rings. The van der Waals surface area contributed by atoms with Gasteiger partial charge in [0.05, 0.1) is 5.69 Å². The molecule has 0 aliphatic heterocycles. The zero-order valence-corrected chi connectivity index (χ0v) is 8.50. The van der Waals surface area contributed by atoms with E-state index in [4.69, 9.17) is 0 Å². The number of nitrogens with one attached hydrogen (secondary N) is 1. The molecule has 0 bridgehead atoms. The highest BCUT2D eigenvalue weighted by Crippen LogP contribution is 2.10. The maximum atomic E-state index is 11.2. The fourth-order valence-corrected chi connectivity index (χ4v) is 1.19. The van der Waals surface area contributed by atoms with E-state index in [0.29, 0.717) is 11.5 Å². The highest BCUT2D eigenvalue weighted by molar-refractivity contribution is 5.70. The molecular weight excluding hydrogens is 176 g/mol. The molecule has 0 atom stereocenters. The van der Waals surface area contributed by atoms with E-state index in [0.717, 1.165) is 12.0 Å². The fraction of sp³-hybridized carbons (Fsp3) is 0.273. The van der Waals surface area contributed by atoms with Gasteiger partial charge in [-0.3, -0.25) is 4.79 Å². The maximum Gasteiger partial charge on any atom is 0.251 e. The van der Waals surface area contributed by atoms with Crippen LogP contribution in [0.4, 0.5) is 0 Å². The van der Waals surface area contributed by atoms with Crippen LogP contribution in [0.2, 0.25) is 0 Å². The molecule has 3 nitrogen and oxygen atoms in total. The first-order chi connectivity index (χ1) is 6.71. The lowest BCUT2D eigenvalue weighted by molar-refractivity contribution is 0.912. The summed E-state index contributed by atoms with van der Waals surface area (Å²) in [5, 5.41) is 0. The van der Waals surface area contributed by atoms with E-state index in [9.17, 15) is 4.79 Å². The molecule has 0 saturated carbocycles. The van der Waals surface area contributed by atoms with Crippen molar-refractivity contribution in [2.24, 2.45) is 0 Å². The molecule has 0 spiro atoms. The second-order valence-corrected chi connectivity index (χ2v) is 2.88. The Bertz CT molecular complexity index is 416. The summed E-state index contributed by atoms with van der Waals surface area (Å²) in [4.78, 5) is 18.2. The third-order valence-electron chi connectivity index (χ3n) is 1.95. The van der Waals surface area contributed by atoms with Gasteiger partial charge in [-0.1, -0.05) is 25.7 Å². The Balaban J connectivity index is 3.28. The topological polar surface area (TPSA) is 45.8 Å². The Morgan fingerprint density at radius 1 is 1.71 bits per heavy atom. The van der Waals surface area contributed by atoms with Crippen molar-refractivity contribution in [3.05, 3.63) is 46.7 Å². The Kier molecular flexibility index (Phi) is 3.40. The molecule has 0 aliphatic rings. The van der Waals surface area contributed by atoms with E-state index in [1.54, 1.807) is 6.08 Å². The first kappa shape index (κ1) is 10.4. The number of hydrogen-bond donors (Lipinski definition) is 1. The number of aryl methyl sites for hydroxylation is 1. The summed E-state index contributed by atoms with van der Waals surface area (Å²) in [6.45, 7) is 7.52. The maximum absolute atomic E-state index is 11.2. The van der Waals surface area contributed by atoms with Crippen LogP contribution >= 0.6 is 0 Å². The van der Waals surface area contributed by atoms with Gasteiger partial charge in [-0.05, 0) is 12.5 Å². The molecule has 1 N–H and O–H groups in total. The molecule has 1 heterocycles. The predicted molar refractivity (Wildman–Crippen MR) is 58.1 cm³/mol. The average Bonchev–Trinajstić information content (AvgIpc) is 2.19. The number of H-pyrrole nitrogens is 1. The van der Waals surface area contributed by atoms with Gasteiger partial charge < -0.3 is 4.98 Å². The van der Waals surface area contributed by atoms with E-state index in [1.807, 2.05) is 19.9 Å². The van der Waals surface area contributed by atoms with Crippen molar-refractivity contribution in [3.8, 4) is 0 Å². The molecule has 14 heavy (non-hydrogen) atoms. The molecule has 1 rings (SSSR count). The van der Waals surface area contributed by atoms with Gasteiger partial charge in [-0.15, -0.1) is 0 Å². The minimum atomic E-state index is -0.118. The monoisotopic (exact) mass is 190 g/mol. The third kappa shape index (κ3) is 2.19. The third-order valence-corrected chi connectivity index (χ3v) is 1.95. The minimum absolute atomic E-state index is 0.118. The zero-order chi connectivity index (χ0) is 10.6. The lowest BCUT2D eigenvalue weighted by Gasteiger charge is -2.02. The van der Waals surface area contributed by atoms with Crippen LogP contribution in [0.25, 0.3) is 5.57 Å². The van der Waals surface area contributed by atoms with E-state index < -0.39 is 0 Å². The van der Waals surface area contributed by atoms with Crippen LogP contribution in [0.3, 0.4) is 0 Å². The minimum Gasteiger partial charge on any atom is -0.311 e. The second-order valence-electron chi connectivity index (χ2n) is 2.88. The van der Waals surface area contributed by atoms with E-state index in [2.05, 4.69) is 16.5 Å². The molecular formula is C11H14N2O. The Labute approximate surface area is 83.2 Å². The molecule has 0 unspecified atom stereocenters. The molecule has 0 radical (unpaired) electrons. The lowest BCUT2D eigenvalue weighted by Crippen LogP contribution is -2.11. The van der Waals surface area contributed by atoms with Gasteiger partial charge in [0.15, 0.2) is 0 Å². The normalized spacial score (nSPS) is 11.4. The Morgan fingerprint density at radius 2 is 2.43 bits per heavy atom. The summed E-state index contributed by atoms with van der Waals surface area (Å²) >= 11 is 0. The van der Waals surface area contributed by atoms with Crippen molar-refractivity contribution in [2.75, 3.05) is 0 Å². The predicted octanol–water partition coefficient (Wildman–Crippen LogP) is 1.92. The molecule has 0 saturated heterocycles. The van der Waals surface area contributed by atoms with Crippen molar-refractivity contribution >= 4 is 5.57 Å². The smallest absolute Gasteiger partial charge is 0.251 e. The van der Waals surface area contributed by atoms with Crippen LogP contribution in [0.5, 0.6) is 0 Å². The van der Waals surface area contributed by atoms with Crippen LogP contribution in [-0.2, 0) is 6.42 Å². The van der Waals surface area contributed by atoms with E-state index in [1.165, 1.54) is 6.07 Å². The standard InChI is InChI=1S/C11H14N2O/c1-4-8(5-2)9-7-11(14)13-10(6-3)12-9/h4-5,7H,1,6H2,2-3H3,(H,12,13,14)/b8-5+.